The highest BCUT2D eigenvalue weighted by Crippen LogP contribution is 2.35. The molecule has 2 aromatic heterocycles. The van der Waals surface area contributed by atoms with Crippen LogP contribution in [0.15, 0.2) is 84.0 Å². The van der Waals surface area contributed by atoms with E-state index in [1.807, 2.05) is 91.5 Å². The van der Waals surface area contributed by atoms with Gasteiger partial charge in [-0.3, -0.25) is 9.59 Å². The van der Waals surface area contributed by atoms with Crippen LogP contribution in [0.5, 0.6) is 0 Å². The van der Waals surface area contributed by atoms with Gasteiger partial charge in [0.25, 0.3) is 5.91 Å². The third kappa shape index (κ3) is 8.69. The van der Waals surface area contributed by atoms with Crippen LogP contribution < -0.4 is 5.32 Å². The van der Waals surface area contributed by atoms with E-state index >= 15 is 0 Å². The van der Waals surface area contributed by atoms with Gasteiger partial charge in [-0.05, 0) is 73.1 Å². The van der Waals surface area contributed by atoms with Crippen molar-refractivity contribution in [2.45, 2.75) is 63.7 Å². The predicted molar refractivity (Wildman–Crippen MR) is 213 cm³/mol. The summed E-state index contributed by atoms with van der Waals surface area (Å²) >= 11 is 0. The smallest absolute Gasteiger partial charge is 0.407 e. The first-order valence-corrected chi connectivity index (χ1v) is 19.1. The second-order valence-corrected chi connectivity index (χ2v) is 14.4. The number of amides is 3. The van der Waals surface area contributed by atoms with Crippen molar-refractivity contribution < 1.29 is 28.9 Å². The van der Waals surface area contributed by atoms with E-state index in [0.29, 0.717) is 18.9 Å². The van der Waals surface area contributed by atoms with Crippen LogP contribution in [0.4, 0.5) is 4.79 Å². The lowest BCUT2D eigenvalue weighted by molar-refractivity contribution is -0.188. The number of aromatic amines is 2. The standard InChI is InChI=1S/C43H46N8O6/c1-27(2)37(49-43(54)55-3)41(52)50-22-8-12-35(50)39-44-25-34(48-39)30-19-16-28(17-20-30)14-15-29-18-21-32-33(24-29)47-40(46-32)36-13-9-23-51(36)42(53)38(45-26-57-56-4)31-10-6-5-7-11-31/h5-7,10-11,16-21,24-27,35-38H,8-9,12-13,22-23H2,1-4H3,(H,44,48)(H,46,47)(H,49,54)/t35-,36-,37-,38+/m0/s1. The molecule has 0 spiro atoms. The minimum atomic E-state index is -0.777. The number of hydrogen-bond acceptors (Lipinski definition) is 9. The summed E-state index contributed by atoms with van der Waals surface area (Å²) in [5.41, 5.74) is 5.86. The molecule has 294 valence electrons. The summed E-state index contributed by atoms with van der Waals surface area (Å²) in [6, 6.07) is 21.3. The molecule has 3 N–H and O–H groups in total. The SMILES string of the molecule is COOC=N[C@@H](C(=O)N1CCC[C@H]1c1nc2ccc(C#Cc3ccc(-c4cnc([C@@H]5CCCN5C(=O)[C@@H](NC(=O)OC)C(C)C)[nH]4)cc3)cc2[nH]1)c1ccccc1. The molecule has 14 nitrogen and oxygen atoms in total. The molecule has 4 atom stereocenters. The number of ether oxygens (including phenoxy) is 1. The van der Waals surface area contributed by atoms with Crippen molar-refractivity contribution in [2.24, 2.45) is 10.9 Å². The van der Waals surface area contributed by atoms with Gasteiger partial charge in [0.2, 0.25) is 12.3 Å². The number of aliphatic imine (C=N–C) groups is 1. The van der Waals surface area contributed by atoms with E-state index in [-0.39, 0.29) is 29.8 Å². The fourth-order valence-electron chi connectivity index (χ4n) is 7.52. The van der Waals surface area contributed by atoms with Crippen LogP contribution in [0, 0.1) is 17.8 Å². The number of methoxy groups -OCH3 is 1. The highest BCUT2D eigenvalue weighted by atomic mass is 17.2. The van der Waals surface area contributed by atoms with Gasteiger partial charge < -0.3 is 34.7 Å². The molecule has 2 fully saturated rings. The number of nitrogens with one attached hydrogen (secondary N) is 3. The predicted octanol–water partition coefficient (Wildman–Crippen LogP) is 6.41. The molecule has 3 amide bonds. The number of nitrogens with zero attached hydrogens (tertiary/aromatic N) is 5. The number of likely N-dealkylation sites (tertiary alicyclic amines) is 2. The number of imidazole rings is 2. The van der Waals surface area contributed by atoms with Gasteiger partial charge in [-0.1, -0.05) is 68.2 Å². The van der Waals surface area contributed by atoms with Crippen molar-refractivity contribution in [2.75, 3.05) is 27.3 Å². The molecule has 5 aromatic rings. The van der Waals surface area contributed by atoms with E-state index in [9.17, 15) is 14.4 Å². The Hall–Kier alpha value is -6.46. The number of hydrogen-bond donors (Lipinski definition) is 3. The number of carbonyl (C=O) groups is 3. The maximum absolute atomic E-state index is 13.9. The number of H-pyrrole nitrogens is 2. The van der Waals surface area contributed by atoms with E-state index < -0.39 is 18.2 Å². The van der Waals surface area contributed by atoms with Crippen molar-refractivity contribution >= 4 is 35.3 Å². The van der Waals surface area contributed by atoms with Crippen LogP contribution >= 0.6 is 0 Å². The van der Waals surface area contributed by atoms with Gasteiger partial charge in [0.05, 0.1) is 49.2 Å². The average Bonchev–Trinajstić information content (AvgIpc) is 4.07. The lowest BCUT2D eigenvalue weighted by atomic mass is 10.0. The van der Waals surface area contributed by atoms with Crippen LogP contribution in [-0.4, -0.2) is 87.4 Å². The van der Waals surface area contributed by atoms with Crippen molar-refractivity contribution in [3.8, 4) is 23.1 Å². The minimum absolute atomic E-state index is 0.108. The summed E-state index contributed by atoms with van der Waals surface area (Å²) in [5.74, 6) is 7.59. The van der Waals surface area contributed by atoms with Gasteiger partial charge in [0.15, 0.2) is 6.04 Å². The van der Waals surface area contributed by atoms with Crippen LogP contribution in [0.2, 0.25) is 0 Å². The Labute approximate surface area is 331 Å². The lowest BCUT2D eigenvalue weighted by Gasteiger charge is -2.30. The zero-order valence-corrected chi connectivity index (χ0v) is 32.4. The molecule has 57 heavy (non-hydrogen) atoms. The molecule has 0 saturated carbocycles. The maximum atomic E-state index is 13.9. The third-order valence-electron chi connectivity index (χ3n) is 10.4. The Morgan fingerprint density at radius 2 is 1.56 bits per heavy atom. The highest BCUT2D eigenvalue weighted by Gasteiger charge is 2.38. The second kappa shape index (κ2) is 17.6. The molecule has 0 radical (unpaired) electrons. The Kier molecular flexibility index (Phi) is 12.0. The van der Waals surface area contributed by atoms with Gasteiger partial charge in [-0.15, -0.1) is 0 Å². The van der Waals surface area contributed by atoms with E-state index in [4.69, 9.17) is 14.6 Å². The second-order valence-electron chi connectivity index (χ2n) is 14.4. The number of carbonyl (C=O) groups excluding carboxylic acids is 3. The summed E-state index contributed by atoms with van der Waals surface area (Å²) in [6.45, 7) is 4.98. The maximum Gasteiger partial charge on any atom is 0.407 e. The summed E-state index contributed by atoms with van der Waals surface area (Å²) in [7, 11) is 2.67. The Morgan fingerprint density at radius 1 is 0.877 bits per heavy atom. The van der Waals surface area contributed by atoms with Crippen molar-refractivity contribution in [1.29, 1.82) is 0 Å². The largest absolute Gasteiger partial charge is 0.453 e. The molecule has 2 aliphatic heterocycles. The molecule has 0 aliphatic carbocycles. The van der Waals surface area contributed by atoms with Crippen LogP contribution in [-0.2, 0) is 24.1 Å². The summed E-state index contributed by atoms with van der Waals surface area (Å²) in [6.07, 6.45) is 5.56. The van der Waals surface area contributed by atoms with Crippen LogP contribution in [0.1, 0.15) is 86.0 Å². The Bertz CT molecular complexity index is 2290. The van der Waals surface area contributed by atoms with Crippen molar-refractivity contribution in [3.63, 3.8) is 0 Å². The molecular formula is C43H46N8O6. The monoisotopic (exact) mass is 770 g/mol. The van der Waals surface area contributed by atoms with Gasteiger partial charge >= 0.3 is 6.09 Å². The van der Waals surface area contributed by atoms with Crippen LogP contribution in [0.25, 0.3) is 22.3 Å². The molecule has 2 saturated heterocycles. The number of aromatic nitrogens is 4. The molecule has 0 unspecified atom stereocenters. The van der Waals surface area contributed by atoms with Gasteiger partial charge in [0, 0.05) is 24.2 Å². The summed E-state index contributed by atoms with van der Waals surface area (Å²) < 4.78 is 4.75. The third-order valence-corrected chi connectivity index (χ3v) is 10.4. The topological polar surface area (TPSA) is 167 Å². The normalized spacial score (nSPS) is 17.8. The van der Waals surface area contributed by atoms with Gasteiger partial charge in [-0.2, -0.15) is 4.89 Å². The van der Waals surface area contributed by atoms with Gasteiger partial charge in [-0.25, -0.2) is 19.8 Å². The fraction of sp³-hybridized carbons (Fsp3) is 0.349. The summed E-state index contributed by atoms with van der Waals surface area (Å²) in [4.78, 5) is 73.3. The molecule has 7 rings (SSSR count). The first-order valence-electron chi connectivity index (χ1n) is 19.1. The first kappa shape index (κ1) is 38.8. The molecule has 14 heteroatoms. The lowest BCUT2D eigenvalue weighted by Crippen LogP contribution is -2.51. The molecule has 0 bridgehead atoms. The number of rotatable bonds is 11. The summed E-state index contributed by atoms with van der Waals surface area (Å²) in [5, 5.41) is 2.69. The van der Waals surface area contributed by atoms with E-state index in [1.165, 1.54) is 14.2 Å². The molecular weight excluding hydrogens is 725 g/mol. The van der Waals surface area contributed by atoms with Crippen molar-refractivity contribution in [3.05, 3.63) is 107 Å². The number of benzene rings is 3. The van der Waals surface area contributed by atoms with Crippen LogP contribution in [0.3, 0.4) is 0 Å². The fourth-order valence-corrected chi connectivity index (χ4v) is 7.52. The molecule has 4 heterocycles. The molecule has 3 aromatic carbocycles. The quantitative estimate of drug-likeness (QED) is 0.0456. The highest BCUT2D eigenvalue weighted by molar-refractivity contribution is 5.87. The van der Waals surface area contributed by atoms with E-state index in [2.05, 4.69) is 42.0 Å². The van der Waals surface area contributed by atoms with E-state index in [1.54, 1.807) is 11.1 Å². The zero-order valence-electron chi connectivity index (χ0n) is 32.4. The first-order chi connectivity index (χ1) is 27.7. The average molecular weight is 771 g/mol. The van der Waals surface area contributed by atoms with E-state index in [0.717, 1.165) is 76.9 Å². The number of fused-ring (bicyclic) bond motifs is 1. The minimum Gasteiger partial charge on any atom is -0.453 e. The zero-order chi connectivity index (χ0) is 39.9. The van der Waals surface area contributed by atoms with Gasteiger partial charge in [0.1, 0.15) is 17.7 Å². The Morgan fingerprint density at radius 3 is 2.26 bits per heavy atom. The number of alkyl carbamates (subject to hydrolysis) is 1. The Balaban J connectivity index is 1.02. The molecule has 2 aliphatic rings. The van der Waals surface area contributed by atoms with Crippen molar-refractivity contribution in [1.82, 2.24) is 35.1 Å².